The van der Waals surface area contributed by atoms with Gasteiger partial charge >= 0.3 is 6.18 Å². The summed E-state index contributed by atoms with van der Waals surface area (Å²) in [6.07, 6.45) is -4.59. The number of benzene rings is 1. The molecule has 0 unspecified atom stereocenters. The number of nitrogens with two attached hydrogens (primary N) is 1. The van der Waals surface area contributed by atoms with Crippen molar-refractivity contribution in [2.75, 3.05) is 5.32 Å². The Bertz CT molecular complexity index is 432. The lowest BCUT2D eigenvalue weighted by Crippen LogP contribution is -2.33. The fraction of sp³-hybridized carbons (Fsp3) is 0.300. The van der Waals surface area contributed by atoms with Crippen LogP contribution in [0.25, 0.3) is 0 Å². The number of halogens is 4. The van der Waals surface area contributed by atoms with E-state index in [2.05, 4.69) is 5.32 Å². The van der Waals surface area contributed by atoms with E-state index in [0.29, 0.717) is 0 Å². The van der Waals surface area contributed by atoms with Gasteiger partial charge in [0.2, 0.25) is 5.91 Å². The number of carbonyl (C=O) groups excluding carboxylic acids is 1. The van der Waals surface area contributed by atoms with Crippen molar-refractivity contribution >= 4 is 23.2 Å². The second-order valence-electron chi connectivity index (χ2n) is 3.44. The van der Waals surface area contributed by atoms with Crippen molar-refractivity contribution in [1.29, 1.82) is 0 Å². The van der Waals surface area contributed by atoms with Crippen molar-refractivity contribution in [1.82, 2.24) is 0 Å². The van der Waals surface area contributed by atoms with Crippen LogP contribution in [0.15, 0.2) is 18.2 Å². The fourth-order valence-electron chi connectivity index (χ4n) is 1.12. The summed E-state index contributed by atoms with van der Waals surface area (Å²) in [5.74, 6) is -0.733. The monoisotopic (exact) mass is 266 g/mol. The largest absolute Gasteiger partial charge is 0.418 e. The van der Waals surface area contributed by atoms with E-state index in [9.17, 15) is 18.0 Å². The van der Waals surface area contributed by atoms with Crippen molar-refractivity contribution in [2.45, 2.75) is 19.1 Å². The van der Waals surface area contributed by atoms with Crippen molar-refractivity contribution in [3.05, 3.63) is 28.8 Å². The first-order valence-corrected chi connectivity index (χ1v) is 5.03. The van der Waals surface area contributed by atoms with E-state index in [1.165, 1.54) is 13.0 Å². The molecule has 0 aromatic heterocycles. The van der Waals surface area contributed by atoms with Gasteiger partial charge < -0.3 is 11.1 Å². The molecule has 0 aliphatic rings. The third-order valence-electron chi connectivity index (χ3n) is 1.98. The molecule has 1 aromatic carbocycles. The third kappa shape index (κ3) is 3.34. The minimum absolute atomic E-state index is 0.186. The zero-order valence-corrected chi connectivity index (χ0v) is 9.56. The number of hydrogen-bond donors (Lipinski definition) is 2. The number of carbonyl (C=O) groups is 1. The van der Waals surface area contributed by atoms with Gasteiger partial charge in [0.25, 0.3) is 0 Å². The molecule has 0 saturated heterocycles. The van der Waals surface area contributed by atoms with Gasteiger partial charge in [0.1, 0.15) is 0 Å². The smallest absolute Gasteiger partial charge is 0.323 e. The van der Waals surface area contributed by atoms with Gasteiger partial charge in [-0.05, 0) is 19.1 Å². The molecule has 7 heteroatoms. The highest BCUT2D eigenvalue weighted by molar-refractivity contribution is 6.34. The summed E-state index contributed by atoms with van der Waals surface area (Å²) >= 11 is 5.63. The first-order valence-electron chi connectivity index (χ1n) is 4.65. The maximum Gasteiger partial charge on any atom is 0.418 e. The number of alkyl halides is 3. The normalized spacial score (nSPS) is 13.3. The van der Waals surface area contributed by atoms with Crippen molar-refractivity contribution in [2.24, 2.45) is 5.73 Å². The fourth-order valence-corrected chi connectivity index (χ4v) is 1.35. The highest BCUT2D eigenvalue weighted by Crippen LogP contribution is 2.38. The minimum Gasteiger partial charge on any atom is -0.323 e. The van der Waals surface area contributed by atoms with Gasteiger partial charge in [-0.25, -0.2) is 0 Å². The van der Waals surface area contributed by atoms with Gasteiger partial charge in [-0.2, -0.15) is 13.2 Å². The van der Waals surface area contributed by atoms with E-state index in [4.69, 9.17) is 17.3 Å². The highest BCUT2D eigenvalue weighted by atomic mass is 35.5. The first-order chi connectivity index (χ1) is 7.73. The van der Waals surface area contributed by atoms with E-state index in [1.54, 1.807) is 0 Å². The minimum atomic E-state index is -4.59. The summed E-state index contributed by atoms with van der Waals surface area (Å²) in [6.45, 7) is 1.36. The summed E-state index contributed by atoms with van der Waals surface area (Å²) in [4.78, 5) is 11.3. The quantitative estimate of drug-likeness (QED) is 0.865. The Balaban J connectivity index is 3.18. The number of rotatable bonds is 2. The van der Waals surface area contributed by atoms with Crippen LogP contribution in [0.1, 0.15) is 12.5 Å². The van der Waals surface area contributed by atoms with Crippen LogP contribution in [-0.2, 0) is 11.0 Å². The molecule has 1 aromatic rings. The van der Waals surface area contributed by atoms with Crippen LogP contribution >= 0.6 is 11.6 Å². The lowest BCUT2D eigenvalue weighted by atomic mass is 10.1. The van der Waals surface area contributed by atoms with Gasteiger partial charge in [-0.3, -0.25) is 4.79 Å². The van der Waals surface area contributed by atoms with Gasteiger partial charge in [0, 0.05) is 0 Å². The molecular weight excluding hydrogens is 257 g/mol. The molecule has 1 atom stereocenters. The van der Waals surface area contributed by atoms with Crippen LogP contribution in [0.5, 0.6) is 0 Å². The zero-order valence-electron chi connectivity index (χ0n) is 8.81. The number of para-hydroxylation sites is 1. The number of nitrogens with one attached hydrogen (secondary N) is 1. The summed E-state index contributed by atoms with van der Waals surface area (Å²) in [5, 5.41) is 1.88. The van der Waals surface area contributed by atoms with Crippen molar-refractivity contribution in [3.63, 3.8) is 0 Å². The Hall–Kier alpha value is -1.27. The van der Waals surface area contributed by atoms with Crippen LogP contribution in [0.2, 0.25) is 5.02 Å². The Morgan fingerprint density at radius 1 is 1.47 bits per heavy atom. The molecule has 0 saturated carbocycles. The van der Waals surface area contributed by atoms with Gasteiger partial charge in [-0.1, -0.05) is 17.7 Å². The molecule has 0 heterocycles. The maximum absolute atomic E-state index is 12.6. The van der Waals surface area contributed by atoms with Crippen LogP contribution in [0.3, 0.4) is 0 Å². The Labute approximate surface area is 101 Å². The summed E-state index contributed by atoms with van der Waals surface area (Å²) < 4.78 is 37.9. The summed E-state index contributed by atoms with van der Waals surface area (Å²) in [7, 11) is 0. The Morgan fingerprint density at radius 2 is 2.06 bits per heavy atom. The maximum atomic E-state index is 12.6. The standard InChI is InChI=1S/C10H10ClF3N2O/c1-5(15)9(17)16-8-6(10(12,13)14)3-2-4-7(8)11/h2-5H,15H2,1H3,(H,16,17)/t5-/m0/s1. The molecule has 0 radical (unpaired) electrons. The second kappa shape index (κ2) is 4.93. The molecule has 94 valence electrons. The van der Waals surface area contributed by atoms with Crippen molar-refractivity contribution in [3.8, 4) is 0 Å². The number of amides is 1. The predicted molar refractivity (Wildman–Crippen MR) is 58.7 cm³/mol. The van der Waals surface area contributed by atoms with E-state index in [1.807, 2.05) is 0 Å². The van der Waals surface area contributed by atoms with E-state index in [0.717, 1.165) is 12.1 Å². The molecule has 3 N–H and O–H groups in total. The molecular formula is C10H10ClF3N2O. The second-order valence-corrected chi connectivity index (χ2v) is 3.85. The molecule has 0 spiro atoms. The molecule has 3 nitrogen and oxygen atoms in total. The SMILES string of the molecule is C[C@H](N)C(=O)Nc1c(Cl)cccc1C(F)(F)F. The molecule has 0 aliphatic carbocycles. The summed E-state index contributed by atoms with van der Waals surface area (Å²) in [6, 6.07) is 2.33. The average Bonchev–Trinajstić information content (AvgIpc) is 2.18. The van der Waals surface area contributed by atoms with Crippen LogP contribution in [0, 0.1) is 0 Å². The van der Waals surface area contributed by atoms with E-state index < -0.39 is 29.4 Å². The molecule has 0 fully saturated rings. The predicted octanol–water partition coefficient (Wildman–Crippen LogP) is 2.64. The molecule has 1 amide bonds. The van der Waals surface area contributed by atoms with Gasteiger partial charge in [0.15, 0.2) is 0 Å². The average molecular weight is 267 g/mol. The molecule has 1 rings (SSSR count). The zero-order chi connectivity index (χ0) is 13.2. The van der Waals surface area contributed by atoms with Crippen molar-refractivity contribution < 1.29 is 18.0 Å². The van der Waals surface area contributed by atoms with Crippen LogP contribution in [0.4, 0.5) is 18.9 Å². The number of anilines is 1. The van der Waals surface area contributed by atoms with E-state index >= 15 is 0 Å². The topological polar surface area (TPSA) is 55.1 Å². The lowest BCUT2D eigenvalue weighted by molar-refractivity contribution is -0.137. The van der Waals surface area contributed by atoms with Gasteiger partial charge in [0.05, 0.1) is 22.3 Å². The Morgan fingerprint density at radius 3 is 2.53 bits per heavy atom. The molecule has 0 bridgehead atoms. The van der Waals surface area contributed by atoms with E-state index in [-0.39, 0.29) is 5.02 Å². The van der Waals surface area contributed by atoms with Gasteiger partial charge in [-0.15, -0.1) is 0 Å². The Kier molecular flexibility index (Phi) is 4.00. The third-order valence-corrected chi connectivity index (χ3v) is 2.30. The first kappa shape index (κ1) is 13.8. The molecule has 17 heavy (non-hydrogen) atoms. The van der Waals surface area contributed by atoms with Crippen LogP contribution < -0.4 is 11.1 Å². The lowest BCUT2D eigenvalue weighted by Gasteiger charge is -2.16. The molecule has 0 aliphatic heterocycles. The van der Waals surface area contributed by atoms with Crippen LogP contribution in [-0.4, -0.2) is 11.9 Å². The summed E-state index contributed by atoms with van der Waals surface area (Å²) in [5.41, 5.74) is 3.79. The number of hydrogen-bond acceptors (Lipinski definition) is 2. The highest BCUT2D eigenvalue weighted by Gasteiger charge is 2.34.